The van der Waals surface area contributed by atoms with Gasteiger partial charge in [-0.05, 0) is 5.56 Å². The van der Waals surface area contributed by atoms with Gasteiger partial charge in [0.1, 0.15) is 0 Å². The van der Waals surface area contributed by atoms with Crippen LogP contribution in [-0.2, 0) is 6.54 Å². The Balaban J connectivity index is 1.82. The fourth-order valence-electron chi connectivity index (χ4n) is 1.79. The third-order valence-corrected chi connectivity index (χ3v) is 3.44. The van der Waals surface area contributed by atoms with Crippen LogP contribution >= 0.6 is 11.3 Å². The summed E-state index contributed by atoms with van der Waals surface area (Å²) < 4.78 is 1.90. The van der Waals surface area contributed by atoms with Crippen LogP contribution in [0.3, 0.4) is 0 Å². The van der Waals surface area contributed by atoms with Gasteiger partial charge in [0.05, 0.1) is 12.7 Å². The van der Waals surface area contributed by atoms with Gasteiger partial charge >= 0.3 is 0 Å². The van der Waals surface area contributed by atoms with Crippen molar-refractivity contribution in [2.24, 2.45) is 0 Å². The molecular weight excluding hydrogens is 244 g/mol. The summed E-state index contributed by atoms with van der Waals surface area (Å²) in [5.41, 5.74) is 7.90. The molecule has 1 aromatic carbocycles. The van der Waals surface area contributed by atoms with Gasteiger partial charge in [0.2, 0.25) is 0 Å². The fourth-order valence-corrected chi connectivity index (χ4v) is 2.46. The normalized spacial score (nSPS) is 10.7. The Morgan fingerprint density at radius 3 is 2.67 bits per heavy atom. The molecule has 3 rings (SSSR count). The van der Waals surface area contributed by atoms with Gasteiger partial charge in [0.25, 0.3) is 0 Å². The third kappa shape index (κ3) is 2.26. The van der Waals surface area contributed by atoms with E-state index in [-0.39, 0.29) is 0 Å². The number of anilines is 1. The summed E-state index contributed by atoms with van der Waals surface area (Å²) in [6.07, 6.45) is 5.70. The number of hydrogen-bond acceptors (Lipinski definition) is 4. The van der Waals surface area contributed by atoms with Gasteiger partial charge in [-0.25, -0.2) is 4.98 Å². The van der Waals surface area contributed by atoms with Crippen molar-refractivity contribution in [3.05, 3.63) is 53.8 Å². The van der Waals surface area contributed by atoms with E-state index < -0.39 is 0 Å². The molecule has 90 valence electrons. The number of aromatic nitrogens is 3. The molecule has 4 nitrogen and oxygen atoms in total. The largest absolute Gasteiger partial charge is 0.375 e. The summed E-state index contributed by atoms with van der Waals surface area (Å²) in [5.74, 6) is 0. The molecule has 0 unspecified atom stereocenters. The number of hydrogen-bond donors (Lipinski definition) is 1. The molecule has 0 radical (unpaired) electrons. The summed E-state index contributed by atoms with van der Waals surface area (Å²) in [6.45, 7) is 0.710. The first-order valence-corrected chi connectivity index (χ1v) is 6.41. The zero-order chi connectivity index (χ0) is 12.4. The van der Waals surface area contributed by atoms with E-state index in [1.165, 1.54) is 16.9 Å². The first kappa shape index (κ1) is 11.0. The second kappa shape index (κ2) is 4.62. The number of rotatable bonds is 3. The molecule has 5 heteroatoms. The highest BCUT2D eigenvalue weighted by molar-refractivity contribution is 7.15. The van der Waals surface area contributed by atoms with Crippen LogP contribution in [0.2, 0.25) is 0 Å². The second-order valence-corrected chi connectivity index (χ2v) is 5.10. The van der Waals surface area contributed by atoms with Crippen LogP contribution in [0.25, 0.3) is 11.1 Å². The van der Waals surface area contributed by atoms with E-state index in [4.69, 9.17) is 5.73 Å². The van der Waals surface area contributed by atoms with Crippen molar-refractivity contribution in [1.82, 2.24) is 14.8 Å². The van der Waals surface area contributed by atoms with Crippen molar-refractivity contribution in [2.75, 3.05) is 5.73 Å². The molecule has 0 amide bonds. The maximum atomic E-state index is 5.61. The third-order valence-electron chi connectivity index (χ3n) is 2.63. The zero-order valence-electron chi connectivity index (χ0n) is 9.65. The van der Waals surface area contributed by atoms with Crippen molar-refractivity contribution >= 4 is 16.5 Å². The minimum Gasteiger partial charge on any atom is -0.375 e. The quantitative estimate of drug-likeness (QED) is 0.783. The molecule has 0 aliphatic rings. The van der Waals surface area contributed by atoms with Crippen LogP contribution in [0.5, 0.6) is 0 Å². The Morgan fingerprint density at radius 1 is 1.11 bits per heavy atom. The topological polar surface area (TPSA) is 56.7 Å². The van der Waals surface area contributed by atoms with Crippen molar-refractivity contribution < 1.29 is 0 Å². The van der Waals surface area contributed by atoms with Crippen LogP contribution in [0.15, 0.2) is 48.9 Å². The van der Waals surface area contributed by atoms with E-state index in [1.807, 2.05) is 35.3 Å². The Morgan fingerprint density at radius 2 is 1.94 bits per heavy atom. The lowest BCUT2D eigenvalue weighted by atomic mass is 10.1. The molecule has 0 fully saturated rings. The van der Waals surface area contributed by atoms with Crippen molar-refractivity contribution in [3.63, 3.8) is 0 Å². The summed E-state index contributed by atoms with van der Waals surface area (Å²) in [7, 11) is 0. The molecule has 0 aliphatic heterocycles. The molecule has 2 aromatic heterocycles. The average molecular weight is 256 g/mol. The van der Waals surface area contributed by atoms with E-state index in [1.54, 1.807) is 6.20 Å². The van der Waals surface area contributed by atoms with Crippen LogP contribution < -0.4 is 5.73 Å². The lowest BCUT2D eigenvalue weighted by molar-refractivity contribution is 0.694. The van der Waals surface area contributed by atoms with Crippen LogP contribution in [-0.4, -0.2) is 14.8 Å². The SMILES string of the molecule is Nc1ncc(Cn2cc(-c3ccccc3)cn2)s1. The Hall–Kier alpha value is -2.14. The molecule has 18 heavy (non-hydrogen) atoms. The number of nitrogens with zero attached hydrogens (tertiary/aromatic N) is 3. The monoisotopic (exact) mass is 256 g/mol. The van der Waals surface area contributed by atoms with E-state index in [0.717, 1.165) is 10.4 Å². The summed E-state index contributed by atoms with van der Waals surface area (Å²) in [5, 5.41) is 4.95. The number of thiazole rings is 1. The predicted molar refractivity (Wildman–Crippen MR) is 73.3 cm³/mol. The Labute approximate surface area is 109 Å². The van der Waals surface area contributed by atoms with Gasteiger partial charge in [0, 0.05) is 22.8 Å². The number of benzene rings is 1. The summed E-state index contributed by atoms with van der Waals surface area (Å²) >= 11 is 1.49. The zero-order valence-corrected chi connectivity index (χ0v) is 10.5. The molecule has 0 bridgehead atoms. The molecule has 0 saturated heterocycles. The lowest BCUT2D eigenvalue weighted by Gasteiger charge is -1.97. The number of nitrogens with two attached hydrogens (primary N) is 1. The van der Waals surface area contributed by atoms with Gasteiger partial charge in [-0.2, -0.15) is 5.10 Å². The van der Waals surface area contributed by atoms with Crippen LogP contribution in [0.1, 0.15) is 4.88 Å². The predicted octanol–water partition coefficient (Wildman–Crippen LogP) is 2.64. The van der Waals surface area contributed by atoms with Crippen molar-refractivity contribution in [1.29, 1.82) is 0 Å². The van der Waals surface area contributed by atoms with Gasteiger partial charge in [-0.15, -0.1) is 11.3 Å². The summed E-state index contributed by atoms with van der Waals surface area (Å²) in [6, 6.07) is 10.2. The smallest absolute Gasteiger partial charge is 0.180 e. The fraction of sp³-hybridized carbons (Fsp3) is 0.0769. The van der Waals surface area contributed by atoms with Gasteiger partial charge in [-0.3, -0.25) is 4.68 Å². The second-order valence-electron chi connectivity index (χ2n) is 3.96. The highest BCUT2D eigenvalue weighted by Gasteiger charge is 2.03. The molecule has 0 saturated carbocycles. The Kier molecular flexibility index (Phi) is 2.82. The standard InChI is InChI=1S/C13H12N4S/c14-13-15-7-12(18-13)9-17-8-11(6-16-17)10-4-2-1-3-5-10/h1-8H,9H2,(H2,14,15). The van der Waals surface area contributed by atoms with E-state index in [9.17, 15) is 0 Å². The molecule has 0 aliphatic carbocycles. The lowest BCUT2D eigenvalue weighted by Crippen LogP contribution is -1.97. The van der Waals surface area contributed by atoms with Crippen molar-refractivity contribution in [3.8, 4) is 11.1 Å². The highest BCUT2D eigenvalue weighted by Crippen LogP contribution is 2.19. The maximum absolute atomic E-state index is 5.61. The minimum atomic E-state index is 0.598. The van der Waals surface area contributed by atoms with E-state index >= 15 is 0 Å². The molecule has 2 heterocycles. The molecule has 3 aromatic rings. The Bertz CT molecular complexity index is 642. The van der Waals surface area contributed by atoms with Gasteiger partial charge in [0.15, 0.2) is 5.13 Å². The molecular formula is C13H12N4S. The van der Waals surface area contributed by atoms with E-state index in [0.29, 0.717) is 11.7 Å². The minimum absolute atomic E-state index is 0.598. The molecule has 0 spiro atoms. The maximum Gasteiger partial charge on any atom is 0.180 e. The van der Waals surface area contributed by atoms with Crippen LogP contribution in [0.4, 0.5) is 5.13 Å². The van der Waals surface area contributed by atoms with Crippen molar-refractivity contribution in [2.45, 2.75) is 6.54 Å². The average Bonchev–Trinajstić information content (AvgIpc) is 3.01. The van der Waals surface area contributed by atoms with Crippen LogP contribution in [0, 0.1) is 0 Å². The molecule has 0 atom stereocenters. The summed E-state index contributed by atoms with van der Waals surface area (Å²) in [4.78, 5) is 5.14. The van der Waals surface area contributed by atoms with Gasteiger partial charge in [-0.1, -0.05) is 30.3 Å². The van der Waals surface area contributed by atoms with E-state index in [2.05, 4.69) is 22.2 Å². The first-order chi connectivity index (χ1) is 8.81. The first-order valence-electron chi connectivity index (χ1n) is 5.59. The number of nitrogen functional groups attached to an aromatic ring is 1. The molecule has 2 N–H and O–H groups in total. The highest BCUT2D eigenvalue weighted by atomic mass is 32.1. The van der Waals surface area contributed by atoms with Gasteiger partial charge < -0.3 is 5.73 Å².